The Morgan fingerprint density at radius 2 is 2.08 bits per heavy atom. The van der Waals surface area contributed by atoms with Crippen molar-refractivity contribution in [2.75, 3.05) is 38.6 Å². The average molecular weight is 516 g/mol. The average Bonchev–Trinajstić information content (AvgIpc) is 3.44. The number of ether oxygens (including phenoxy) is 1. The summed E-state index contributed by atoms with van der Waals surface area (Å²) in [5, 5.41) is 6.56. The van der Waals surface area contributed by atoms with E-state index in [1.54, 1.807) is 0 Å². The molecular weight excluding hydrogens is 481 g/mol. The van der Waals surface area contributed by atoms with E-state index in [1.807, 2.05) is 24.3 Å². The number of nitrogens with one attached hydrogen (secondary N) is 2. The Bertz CT molecular complexity index is 1390. The fourth-order valence-corrected chi connectivity index (χ4v) is 6.29. The van der Waals surface area contributed by atoms with Crippen LogP contribution in [0, 0.1) is 11.7 Å². The second kappa shape index (κ2) is 10.3. The van der Waals surface area contributed by atoms with Crippen LogP contribution in [0.5, 0.6) is 6.01 Å². The zero-order valence-corrected chi connectivity index (χ0v) is 21.8. The molecule has 0 bridgehead atoms. The molecule has 1 aromatic heterocycles. The number of hydrogen-bond donors (Lipinski definition) is 2. The van der Waals surface area contributed by atoms with Crippen LogP contribution in [-0.2, 0) is 11.2 Å². The summed E-state index contributed by atoms with van der Waals surface area (Å²) in [6.07, 6.45) is 6.94. The molecule has 2 aromatic carbocycles. The van der Waals surface area contributed by atoms with E-state index in [0.717, 1.165) is 31.4 Å². The zero-order valence-electron chi connectivity index (χ0n) is 21.8. The monoisotopic (exact) mass is 515 g/mol. The lowest BCUT2D eigenvalue weighted by atomic mass is 9.73. The van der Waals surface area contributed by atoms with Crippen molar-refractivity contribution in [2.45, 2.75) is 44.1 Å². The van der Waals surface area contributed by atoms with Gasteiger partial charge in [-0.1, -0.05) is 30.8 Å². The third-order valence-corrected chi connectivity index (χ3v) is 8.52. The summed E-state index contributed by atoms with van der Waals surface area (Å²) in [6, 6.07) is 10.5. The van der Waals surface area contributed by atoms with Crippen LogP contribution in [-0.4, -0.2) is 60.1 Å². The van der Waals surface area contributed by atoms with Gasteiger partial charge in [0.05, 0.1) is 0 Å². The number of carbonyl (C=O) groups is 1. The lowest BCUT2D eigenvalue weighted by Crippen LogP contribution is -2.31. The molecule has 2 unspecified atom stereocenters. The van der Waals surface area contributed by atoms with Crippen LogP contribution in [0.1, 0.15) is 42.7 Å². The molecule has 3 aromatic rings. The summed E-state index contributed by atoms with van der Waals surface area (Å²) in [7, 11) is 2.09. The van der Waals surface area contributed by atoms with Gasteiger partial charge in [-0.05, 0) is 86.4 Å². The molecule has 2 N–H and O–H groups in total. The standard InChI is InChI=1S/C30H34FN5O2/c1-3-25(37)32-13-14-33-29-24-12-11-23(22-8-4-6-19-16-18-9-10-21(18)26(19)22)27(31)28(24)34-30(35-29)38-17-20-7-5-15-36(20)2/h3-4,6,8,11-12,18,20-21H,1,5,7,9-10,13-17H2,2H3,(H,32,37)(H,33,34,35)/t18?,20-,21?/m0/s1. The minimum atomic E-state index is -0.355. The van der Waals surface area contributed by atoms with Crippen molar-refractivity contribution in [1.82, 2.24) is 20.2 Å². The number of likely N-dealkylation sites (N-methyl/N-ethyl adjacent to an activating group) is 1. The number of halogens is 1. The predicted octanol–water partition coefficient (Wildman–Crippen LogP) is 4.67. The maximum absolute atomic E-state index is 16.3. The van der Waals surface area contributed by atoms with E-state index in [9.17, 15) is 4.79 Å². The van der Waals surface area contributed by atoms with Crippen molar-refractivity contribution in [1.29, 1.82) is 0 Å². The smallest absolute Gasteiger partial charge is 0.319 e. The predicted molar refractivity (Wildman–Crippen MR) is 147 cm³/mol. The van der Waals surface area contributed by atoms with Crippen LogP contribution in [0.4, 0.5) is 10.2 Å². The highest BCUT2D eigenvalue weighted by Gasteiger charge is 2.40. The summed E-state index contributed by atoms with van der Waals surface area (Å²) in [5.41, 5.74) is 4.46. The normalized spacial score (nSPS) is 22.0. The SMILES string of the molecule is C=CC(=O)NCCNc1nc(OC[C@@H]2CCCN2C)nc2c(F)c(-c3cccc4c3C3CCC3C4)ccc12. The quantitative estimate of drug-likeness (QED) is 0.319. The molecule has 1 saturated carbocycles. The fourth-order valence-electron chi connectivity index (χ4n) is 6.29. The van der Waals surface area contributed by atoms with Gasteiger partial charge in [-0.2, -0.15) is 9.97 Å². The number of hydrogen-bond acceptors (Lipinski definition) is 6. The highest BCUT2D eigenvalue weighted by Crippen LogP contribution is 2.54. The summed E-state index contributed by atoms with van der Waals surface area (Å²) in [4.78, 5) is 22.9. The second-order valence-corrected chi connectivity index (χ2v) is 10.7. The Morgan fingerprint density at radius 3 is 2.84 bits per heavy atom. The van der Waals surface area contributed by atoms with Gasteiger partial charge in [0.25, 0.3) is 0 Å². The van der Waals surface area contributed by atoms with Gasteiger partial charge >= 0.3 is 6.01 Å². The first kappa shape index (κ1) is 24.8. The minimum absolute atomic E-state index is 0.156. The van der Waals surface area contributed by atoms with Gasteiger partial charge in [-0.15, -0.1) is 0 Å². The van der Waals surface area contributed by atoms with E-state index in [-0.39, 0.29) is 23.3 Å². The first-order chi connectivity index (χ1) is 18.5. The number of aromatic nitrogens is 2. The molecular formula is C30H34FN5O2. The van der Waals surface area contributed by atoms with Gasteiger partial charge in [0.2, 0.25) is 5.91 Å². The first-order valence-electron chi connectivity index (χ1n) is 13.6. The second-order valence-electron chi connectivity index (χ2n) is 10.7. The molecule has 7 nitrogen and oxygen atoms in total. The largest absolute Gasteiger partial charge is 0.462 e. The van der Waals surface area contributed by atoms with Crippen molar-refractivity contribution in [2.24, 2.45) is 5.92 Å². The van der Waals surface area contributed by atoms with E-state index in [2.05, 4.69) is 45.2 Å². The molecule has 6 rings (SSSR count). The van der Waals surface area contributed by atoms with Crippen LogP contribution in [0.2, 0.25) is 0 Å². The van der Waals surface area contributed by atoms with Crippen molar-refractivity contribution in [3.63, 3.8) is 0 Å². The summed E-state index contributed by atoms with van der Waals surface area (Å²) in [6.45, 7) is 5.75. The fraction of sp³-hybridized carbons (Fsp3) is 0.433. The van der Waals surface area contributed by atoms with Crippen molar-refractivity contribution in [3.8, 4) is 17.1 Å². The molecule has 2 fully saturated rings. The van der Waals surface area contributed by atoms with Gasteiger partial charge in [0.1, 0.15) is 17.9 Å². The molecule has 3 aliphatic rings. The van der Waals surface area contributed by atoms with Crippen LogP contribution < -0.4 is 15.4 Å². The molecule has 0 radical (unpaired) electrons. The maximum atomic E-state index is 16.3. The topological polar surface area (TPSA) is 79.4 Å². The number of benzene rings is 2. The number of amides is 1. The number of rotatable bonds is 9. The van der Waals surface area contributed by atoms with Crippen LogP contribution in [0.15, 0.2) is 43.0 Å². The van der Waals surface area contributed by atoms with Gasteiger partial charge in [-0.3, -0.25) is 4.79 Å². The molecule has 0 spiro atoms. The number of fused-ring (bicyclic) bond motifs is 4. The first-order valence-corrected chi connectivity index (χ1v) is 13.6. The zero-order chi connectivity index (χ0) is 26.2. The summed E-state index contributed by atoms with van der Waals surface area (Å²) in [5.74, 6) is 1.12. The molecule has 3 atom stereocenters. The highest BCUT2D eigenvalue weighted by atomic mass is 19.1. The Kier molecular flexibility index (Phi) is 6.74. The van der Waals surface area contributed by atoms with E-state index >= 15 is 4.39 Å². The molecule has 1 aliphatic heterocycles. The molecule has 2 aliphatic carbocycles. The van der Waals surface area contributed by atoms with Gasteiger partial charge in [-0.25, -0.2) is 4.39 Å². The van der Waals surface area contributed by atoms with Gasteiger partial charge < -0.3 is 20.3 Å². The Labute approximate surface area is 222 Å². The van der Waals surface area contributed by atoms with Gasteiger partial charge in [0.15, 0.2) is 5.82 Å². The van der Waals surface area contributed by atoms with E-state index in [1.165, 1.54) is 30.0 Å². The van der Waals surface area contributed by atoms with Crippen molar-refractivity contribution in [3.05, 3.63) is 59.9 Å². The molecule has 198 valence electrons. The lowest BCUT2D eigenvalue weighted by Gasteiger charge is -2.31. The Hall–Kier alpha value is -3.52. The number of anilines is 1. The van der Waals surface area contributed by atoms with Crippen LogP contribution in [0.3, 0.4) is 0 Å². The van der Waals surface area contributed by atoms with E-state index < -0.39 is 0 Å². The summed E-state index contributed by atoms with van der Waals surface area (Å²) < 4.78 is 22.4. The van der Waals surface area contributed by atoms with Gasteiger partial charge in [0, 0.05) is 30.1 Å². The number of carbonyl (C=O) groups excluding carboxylic acids is 1. The molecule has 1 saturated heterocycles. The van der Waals surface area contributed by atoms with Crippen LogP contribution in [0.25, 0.3) is 22.0 Å². The third kappa shape index (κ3) is 4.51. The van der Waals surface area contributed by atoms with Crippen molar-refractivity contribution >= 4 is 22.6 Å². The molecule has 38 heavy (non-hydrogen) atoms. The van der Waals surface area contributed by atoms with Crippen LogP contribution >= 0.6 is 0 Å². The summed E-state index contributed by atoms with van der Waals surface area (Å²) >= 11 is 0. The lowest BCUT2D eigenvalue weighted by molar-refractivity contribution is -0.116. The molecule has 1 amide bonds. The Morgan fingerprint density at radius 1 is 1.18 bits per heavy atom. The number of likely N-dealkylation sites (tertiary alicyclic amines) is 1. The molecule has 2 heterocycles. The van der Waals surface area contributed by atoms with E-state index in [0.29, 0.717) is 54.3 Å². The van der Waals surface area contributed by atoms with Crippen molar-refractivity contribution < 1.29 is 13.9 Å². The maximum Gasteiger partial charge on any atom is 0.319 e. The third-order valence-electron chi connectivity index (χ3n) is 8.52. The molecule has 8 heteroatoms. The number of nitrogens with zero attached hydrogens (tertiary/aromatic N) is 3. The highest BCUT2D eigenvalue weighted by molar-refractivity contribution is 5.93. The minimum Gasteiger partial charge on any atom is -0.462 e. The van der Waals surface area contributed by atoms with E-state index in [4.69, 9.17) is 4.74 Å². The Balaban J connectivity index is 1.35.